The molecule has 0 saturated heterocycles. The van der Waals surface area contributed by atoms with Crippen LogP contribution in [0.25, 0.3) is 0 Å². The quantitative estimate of drug-likeness (QED) is 0.802. The molecule has 0 aromatic carbocycles. The molecule has 6 heteroatoms. The van der Waals surface area contributed by atoms with Gasteiger partial charge in [0.25, 0.3) is 0 Å². The summed E-state index contributed by atoms with van der Waals surface area (Å²) in [7, 11) is 0. The first kappa shape index (κ1) is 15.3. The molecule has 0 aromatic rings. The highest BCUT2D eigenvalue weighted by Gasteiger charge is 2.29. The van der Waals surface area contributed by atoms with Gasteiger partial charge in [-0.05, 0) is 32.2 Å². The first-order valence-electron chi connectivity index (χ1n) is 6.50. The van der Waals surface area contributed by atoms with Crippen LogP contribution in [0.2, 0.25) is 0 Å². The molecule has 106 valence electrons. The monoisotopic (exact) mass is 266 g/mol. The van der Waals surface area contributed by atoms with Crippen LogP contribution in [0.15, 0.2) is 0 Å². The number of rotatable bonds is 5. The molecule has 1 saturated carbocycles. The fourth-order valence-electron chi connectivity index (χ4n) is 2.29. The Morgan fingerprint density at radius 2 is 1.72 bits per heavy atom. The van der Waals surface area contributed by atoms with E-state index in [1.807, 2.05) is 6.92 Å². The molecule has 1 aliphatic carbocycles. The highest BCUT2D eigenvalue weighted by atomic mass is 19.4. The fraction of sp³-hybridized carbons (Fsp3) is 0.917. The minimum absolute atomic E-state index is 0.0423. The second-order valence-electron chi connectivity index (χ2n) is 4.79. The van der Waals surface area contributed by atoms with Crippen molar-refractivity contribution in [3.8, 4) is 0 Å². The average molecular weight is 266 g/mol. The smallest absolute Gasteiger partial charge is 0.353 e. The van der Waals surface area contributed by atoms with Crippen LogP contribution in [0.4, 0.5) is 13.2 Å². The van der Waals surface area contributed by atoms with E-state index in [1.165, 1.54) is 0 Å². The van der Waals surface area contributed by atoms with Crippen LogP contribution in [0.3, 0.4) is 0 Å². The second-order valence-corrected chi connectivity index (χ2v) is 4.79. The molecule has 0 aromatic heterocycles. The van der Waals surface area contributed by atoms with Gasteiger partial charge in [0.05, 0.1) is 6.42 Å². The Kier molecular flexibility index (Phi) is 5.91. The Morgan fingerprint density at radius 1 is 1.17 bits per heavy atom. The van der Waals surface area contributed by atoms with Crippen molar-refractivity contribution in [2.75, 3.05) is 6.54 Å². The number of amides is 1. The van der Waals surface area contributed by atoms with Crippen molar-refractivity contribution in [2.24, 2.45) is 0 Å². The lowest BCUT2D eigenvalue weighted by Gasteiger charge is -2.29. The largest absolute Gasteiger partial charge is 0.389 e. The Balaban J connectivity index is 2.18. The average Bonchev–Trinajstić information content (AvgIpc) is 2.29. The highest BCUT2D eigenvalue weighted by Crippen LogP contribution is 2.22. The van der Waals surface area contributed by atoms with Crippen LogP contribution in [0.1, 0.15) is 45.4 Å². The number of carbonyl (C=O) groups excluding carboxylic acids is 1. The summed E-state index contributed by atoms with van der Waals surface area (Å²) in [4.78, 5) is 11.3. The van der Waals surface area contributed by atoms with E-state index in [9.17, 15) is 18.0 Å². The fourth-order valence-corrected chi connectivity index (χ4v) is 2.29. The second kappa shape index (κ2) is 6.97. The topological polar surface area (TPSA) is 41.1 Å². The standard InChI is InChI=1S/C12H21F3N2O/c1-2-16-9-3-5-10(6-4-9)17-11(18)7-8-12(13,14)15/h9-10,16H,2-8H2,1H3,(H,17,18). The van der Waals surface area contributed by atoms with Gasteiger partial charge < -0.3 is 10.6 Å². The first-order valence-corrected chi connectivity index (χ1v) is 6.50. The number of halogens is 3. The van der Waals surface area contributed by atoms with Gasteiger partial charge in [-0.3, -0.25) is 4.79 Å². The maximum atomic E-state index is 11.9. The van der Waals surface area contributed by atoms with Gasteiger partial charge in [0, 0.05) is 18.5 Å². The zero-order valence-corrected chi connectivity index (χ0v) is 10.6. The van der Waals surface area contributed by atoms with Crippen molar-refractivity contribution < 1.29 is 18.0 Å². The zero-order chi connectivity index (χ0) is 13.6. The Hall–Kier alpha value is -0.780. The molecular formula is C12H21F3N2O. The van der Waals surface area contributed by atoms with Crippen molar-refractivity contribution in [1.82, 2.24) is 10.6 Å². The van der Waals surface area contributed by atoms with Crippen molar-refractivity contribution in [2.45, 2.75) is 63.7 Å². The van der Waals surface area contributed by atoms with E-state index in [1.54, 1.807) is 0 Å². The third-order valence-corrected chi connectivity index (χ3v) is 3.22. The molecule has 0 aliphatic heterocycles. The number of hydrogen-bond donors (Lipinski definition) is 2. The van der Waals surface area contributed by atoms with Gasteiger partial charge >= 0.3 is 6.18 Å². The van der Waals surface area contributed by atoms with Crippen LogP contribution in [-0.4, -0.2) is 30.7 Å². The predicted octanol–water partition coefficient (Wildman–Crippen LogP) is 2.37. The third kappa shape index (κ3) is 6.23. The van der Waals surface area contributed by atoms with Crippen molar-refractivity contribution >= 4 is 5.91 Å². The molecule has 1 aliphatic rings. The minimum atomic E-state index is -4.25. The van der Waals surface area contributed by atoms with Crippen LogP contribution in [0, 0.1) is 0 Å². The van der Waals surface area contributed by atoms with Gasteiger partial charge in [0.2, 0.25) is 5.91 Å². The minimum Gasteiger partial charge on any atom is -0.353 e. The molecule has 3 nitrogen and oxygen atoms in total. The molecule has 0 radical (unpaired) electrons. The molecular weight excluding hydrogens is 245 g/mol. The molecule has 1 amide bonds. The van der Waals surface area contributed by atoms with Gasteiger partial charge in [-0.2, -0.15) is 13.2 Å². The molecule has 0 heterocycles. The van der Waals surface area contributed by atoms with Crippen LogP contribution in [0.5, 0.6) is 0 Å². The third-order valence-electron chi connectivity index (χ3n) is 3.22. The Labute approximate surface area is 106 Å². The summed E-state index contributed by atoms with van der Waals surface area (Å²) in [6, 6.07) is 0.527. The summed E-state index contributed by atoms with van der Waals surface area (Å²) < 4.78 is 35.8. The Bertz CT molecular complexity index is 261. The Morgan fingerprint density at radius 3 is 2.22 bits per heavy atom. The number of nitrogens with one attached hydrogen (secondary N) is 2. The van der Waals surface area contributed by atoms with Crippen molar-refractivity contribution in [1.29, 1.82) is 0 Å². The van der Waals surface area contributed by atoms with Gasteiger partial charge in [-0.15, -0.1) is 0 Å². The van der Waals surface area contributed by atoms with Gasteiger partial charge in [0.15, 0.2) is 0 Å². The number of alkyl halides is 3. The van der Waals surface area contributed by atoms with E-state index in [2.05, 4.69) is 10.6 Å². The molecule has 0 spiro atoms. The van der Waals surface area contributed by atoms with Gasteiger partial charge in [0.1, 0.15) is 0 Å². The van der Waals surface area contributed by atoms with Crippen LogP contribution in [-0.2, 0) is 4.79 Å². The van der Waals surface area contributed by atoms with Crippen LogP contribution < -0.4 is 10.6 Å². The molecule has 0 atom stereocenters. The van der Waals surface area contributed by atoms with E-state index in [-0.39, 0.29) is 6.04 Å². The van der Waals surface area contributed by atoms with E-state index in [0.29, 0.717) is 6.04 Å². The van der Waals surface area contributed by atoms with Crippen LogP contribution >= 0.6 is 0 Å². The SMILES string of the molecule is CCNC1CCC(NC(=O)CCC(F)(F)F)CC1. The first-order chi connectivity index (χ1) is 8.40. The lowest BCUT2D eigenvalue weighted by atomic mass is 9.91. The predicted molar refractivity (Wildman–Crippen MR) is 63.2 cm³/mol. The molecule has 1 rings (SSSR count). The molecule has 0 unspecified atom stereocenters. The summed E-state index contributed by atoms with van der Waals surface area (Å²) in [6.45, 7) is 2.97. The lowest BCUT2D eigenvalue weighted by molar-refractivity contribution is -0.144. The summed E-state index contributed by atoms with van der Waals surface area (Å²) in [5, 5.41) is 6.03. The number of carbonyl (C=O) groups is 1. The van der Waals surface area contributed by atoms with E-state index < -0.39 is 24.9 Å². The number of hydrogen-bond acceptors (Lipinski definition) is 2. The van der Waals surface area contributed by atoms with Gasteiger partial charge in [-0.1, -0.05) is 6.92 Å². The maximum Gasteiger partial charge on any atom is 0.389 e. The molecule has 18 heavy (non-hydrogen) atoms. The van der Waals surface area contributed by atoms with E-state index in [0.717, 1.165) is 32.2 Å². The van der Waals surface area contributed by atoms with E-state index >= 15 is 0 Å². The highest BCUT2D eigenvalue weighted by molar-refractivity contribution is 5.76. The zero-order valence-electron chi connectivity index (χ0n) is 10.6. The summed E-state index contributed by atoms with van der Waals surface area (Å²) >= 11 is 0. The summed E-state index contributed by atoms with van der Waals surface area (Å²) in [6.07, 6.45) is -2.12. The molecule has 2 N–H and O–H groups in total. The summed E-state index contributed by atoms with van der Waals surface area (Å²) in [5.74, 6) is -0.487. The normalized spacial score (nSPS) is 24.9. The van der Waals surface area contributed by atoms with Crippen molar-refractivity contribution in [3.05, 3.63) is 0 Å². The maximum absolute atomic E-state index is 11.9. The van der Waals surface area contributed by atoms with Crippen molar-refractivity contribution in [3.63, 3.8) is 0 Å². The molecule has 1 fully saturated rings. The summed E-state index contributed by atoms with van der Waals surface area (Å²) in [5.41, 5.74) is 0. The van der Waals surface area contributed by atoms with Gasteiger partial charge in [-0.25, -0.2) is 0 Å². The van der Waals surface area contributed by atoms with E-state index in [4.69, 9.17) is 0 Å². The molecule has 0 bridgehead atoms. The lowest BCUT2D eigenvalue weighted by Crippen LogP contribution is -2.42.